The fraction of sp³-hybridized carbons (Fsp3) is 1.00. The number of nitrogens with one attached hydrogen (secondary N) is 1. The van der Waals surface area contributed by atoms with Crippen molar-refractivity contribution in [1.29, 1.82) is 0 Å². The van der Waals surface area contributed by atoms with Gasteiger partial charge in [0.05, 0.1) is 6.10 Å². The van der Waals surface area contributed by atoms with Crippen molar-refractivity contribution >= 4 is 10.2 Å². The molecule has 0 amide bonds. The first kappa shape index (κ1) is 13.9. The smallest absolute Gasteiger partial charge is 0.279 e. The third kappa shape index (κ3) is 3.41. The minimum Gasteiger partial charge on any atom is -0.391 e. The molecule has 6 heteroatoms. The quantitative estimate of drug-likeness (QED) is 0.762. The minimum absolute atomic E-state index is 0.0850. The molecule has 1 aliphatic rings. The van der Waals surface area contributed by atoms with Crippen molar-refractivity contribution in [3.05, 3.63) is 0 Å². The van der Waals surface area contributed by atoms with Gasteiger partial charge in [-0.15, -0.1) is 0 Å². The lowest BCUT2D eigenvalue weighted by atomic mass is 9.93. The topological polar surface area (TPSA) is 69.6 Å². The zero-order chi connectivity index (χ0) is 12.3. The van der Waals surface area contributed by atoms with Gasteiger partial charge in [0, 0.05) is 19.1 Å². The Balaban J connectivity index is 2.64. The van der Waals surface area contributed by atoms with Gasteiger partial charge in [-0.3, -0.25) is 0 Å². The van der Waals surface area contributed by atoms with E-state index in [-0.39, 0.29) is 12.1 Å². The molecule has 2 atom stereocenters. The number of nitrogens with zero attached hydrogens (tertiary/aromatic N) is 1. The molecule has 0 aromatic carbocycles. The van der Waals surface area contributed by atoms with Crippen molar-refractivity contribution in [3.63, 3.8) is 0 Å². The summed E-state index contributed by atoms with van der Waals surface area (Å²) in [7, 11) is -1.92. The molecule has 5 nitrogen and oxygen atoms in total. The highest BCUT2D eigenvalue weighted by molar-refractivity contribution is 7.87. The first-order valence-corrected chi connectivity index (χ1v) is 7.22. The highest BCUT2D eigenvalue weighted by Crippen LogP contribution is 2.19. The summed E-state index contributed by atoms with van der Waals surface area (Å²) < 4.78 is 27.6. The van der Waals surface area contributed by atoms with Crippen LogP contribution in [0, 0.1) is 0 Å². The summed E-state index contributed by atoms with van der Waals surface area (Å²) in [6.07, 6.45) is 2.78. The van der Waals surface area contributed by atoms with Crippen LogP contribution in [0.3, 0.4) is 0 Å². The van der Waals surface area contributed by atoms with Crippen molar-refractivity contribution < 1.29 is 13.5 Å². The van der Waals surface area contributed by atoms with Crippen molar-refractivity contribution in [1.82, 2.24) is 9.03 Å². The van der Waals surface area contributed by atoms with Crippen LogP contribution in [0.2, 0.25) is 0 Å². The van der Waals surface area contributed by atoms with Crippen LogP contribution in [-0.2, 0) is 10.2 Å². The monoisotopic (exact) mass is 250 g/mol. The normalized spacial score (nSPS) is 27.6. The van der Waals surface area contributed by atoms with Crippen molar-refractivity contribution in [2.45, 2.75) is 57.7 Å². The largest absolute Gasteiger partial charge is 0.391 e. The van der Waals surface area contributed by atoms with Gasteiger partial charge in [0.25, 0.3) is 10.2 Å². The Kier molecular flexibility index (Phi) is 4.73. The van der Waals surface area contributed by atoms with Gasteiger partial charge >= 0.3 is 0 Å². The fourth-order valence-corrected chi connectivity index (χ4v) is 3.18. The van der Waals surface area contributed by atoms with Gasteiger partial charge in [0.1, 0.15) is 0 Å². The van der Waals surface area contributed by atoms with E-state index in [0.29, 0.717) is 12.8 Å². The molecule has 96 valence electrons. The number of aliphatic hydroxyl groups is 1. The average Bonchev–Trinajstić information content (AvgIpc) is 2.20. The molecule has 0 saturated heterocycles. The summed E-state index contributed by atoms with van der Waals surface area (Å²) in [5.74, 6) is 0. The fourth-order valence-electron chi connectivity index (χ4n) is 1.80. The standard InChI is InChI=1S/C10H22N2O3S/c1-8(2)12(3)16(14,15)11-9-6-4-5-7-10(9)13/h8-11,13H,4-7H2,1-3H3/t9-,10-/m1/s1. The molecule has 0 radical (unpaired) electrons. The number of rotatable bonds is 4. The zero-order valence-electron chi connectivity index (χ0n) is 10.2. The van der Waals surface area contributed by atoms with Crippen LogP contribution in [0.5, 0.6) is 0 Å². The SMILES string of the molecule is CC(C)N(C)S(=O)(=O)N[C@@H]1CCCC[C@H]1O. The second kappa shape index (κ2) is 5.44. The van der Waals surface area contributed by atoms with Crippen molar-refractivity contribution in [2.24, 2.45) is 0 Å². The third-order valence-corrected chi connectivity index (χ3v) is 4.92. The Morgan fingerprint density at radius 2 is 1.88 bits per heavy atom. The predicted octanol–water partition coefficient (Wildman–Crippen LogP) is 0.464. The molecule has 0 aromatic rings. The van der Waals surface area contributed by atoms with Gasteiger partial charge < -0.3 is 5.11 Å². The van der Waals surface area contributed by atoms with Crippen molar-refractivity contribution in [3.8, 4) is 0 Å². The molecular formula is C10H22N2O3S. The number of hydrogen-bond donors (Lipinski definition) is 2. The molecule has 0 spiro atoms. The second-order valence-corrected chi connectivity index (χ2v) is 6.45. The van der Waals surface area contributed by atoms with Crippen LogP contribution in [0.4, 0.5) is 0 Å². The Bertz CT molecular complexity index is 316. The van der Waals surface area contributed by atoms with E-state index in [1.54, 1.807) is 7.05 Å². The lowest BCUT2D eigenvalue weighted by Crippen LogP contribution is -2.51. The van der Waals surface area contributed by atoms with Crippen LogP contribution in [0.25, 0.3) is 0 Å². The highest BCUT2D eigenvalue weighted by Gasteiger charge is 2.29. The summed E-state index contributed by atoms with van der Waals surface area (Å²) in [5, 5.41) is 9.71. The molecule has 0 heterocycles. The van der Waals surface area contributed by atoms with Gasteiger partial charge in [0.2, 0.25) is 0 Å². The third-order valence-electron chi connectivity index (χ3n) is 3.14. The Hall–Kier alpha value is -0.170. The van der Waals surface area contributed by atoms with Crippen LogP contribution >= 0.6 is 0 Å². The molecule has 1 fully saturated rings. The molecule has 0 aliphatic heterocycles. The Labute approximate surface area is 98.0 Å². The molecule has 0 unspecified atom stereocenters. The molecule has 16 heavy (non-hydrogen) atoms. The summed E-state index contributed by atoms with van der Waals surface area (Å²) in [5.41, 5.74) is 0. The lowest BCUT2D eigenvalue weighted by molar-refractivity contribution is 0.100. The number of hydrogen-bond acceptors (Lipinski definition) is 3. The minimum atomic E-state index is -3.47. The van der Waals surface area contributed by atoms with Gasteiger partial charge in [-0.05, 0) is 26.7 Å². The summed E-state index contributed by atoms with van der Waals surface area (Å²) >= 11 is 0. The predicted molar refractivity (Wildman–Crippen MR) is 63.2 cm³/mol. The van der Waals surface area contributed by atoms with E-state index in [1.807, 2.05) is 13.8 Å². The first-order valence-electron chi connectivity index (χ1n) is 5.78. The zero-order valence-corrected chi connectivity index (χ0v) is 11.0. The first-order chi connectivity index (χ1) is 7.34. The maximum Gasteiger partial charge on any atom is 0.279 e. The molecule has 0 bridgehead atoms. The number of aliphatic hydroxyl groups excluding tert-OH is 1. The van der Waals surface area contributed by atoms with E-state index in [9.17, 15) is 13.5 Å². The van der Waals surface area contributed by atoms with Gasteiger partial charge in [0.15, 0.2) is 0 Å². The Morgan fingerprint density at radius 3 is 2.38 bits per heavy atom. The molecule has 2 N–H and O–H groups in total. The van der Waals surface area contributed by atoms with Crippen LogP contribution in [-0.4, -0.2) is 43.1 Å². The Morgan fingerprint density at radius 1 is 1.31 bits per heavy atom. The summed E-state index contributed by atoms with van der Waals surface area (Å²) in [6.45, 7) is 3.63. The van der Waals surface area contributed by atoms with Gasteiger partial charge in [-0.1, -0.05) is 12.8 Å². The van der Waals surface area contributed by atoms with Crippen LogP contribution < -0.4 is 4.72 Å². The van der Waals surface area contributed by atoms with Crippen LogP contribution in [0.15, 0.2) is 0 Å². The lowest BCUT2D eigenvalue weighted by Gasteiger charge is -2.30. The molecule has 1 aliphatic carbocycles. The van der Waals surface area contributed by atoms with Gasteiger partial charge in [-0.25, -0.2) is 0 Å². The van der Waals surface area contributed by atoms with E-state index in [2.05, 4.69) is 4.72 Å². The molecule has 1 rings (SSSR count). The summed E-state index contributed by atoms with van der Waals surface area (Å²) in [4.78, 5) is 0. The van der Waals surface area contributed by atoms with E-state index in [0.717, 1.165) is 12.8 Å². The van der Waals surface area contributed by atoms with E-state index < -0.39 is 16.3 Å². The highest BCUT2D eigenvalue weighted by atomic mass is 32.2. The molecular weight excluding hydrogens is 228 g/mol. The molecule has 0 aromatic heterocycles. The van der Waals surface area contributed by atoms with Crippen LogP contribution in [0.1, 0.15) is 39.5 Å². The van der Waals surface area contributed by atoms with E-state index in [1.165, 1.54) is 4.31 Å². The summed E-state index contributed by atoms with van der Waals surface area (Å²) in [6, 6.07) is -0.418. The van der Waals surface area contributed by atoms with Crippen molar-refractivity contribution in [2.75, 3.05) is 7.05 Å². The van der Waals surface area contributed by atoms with Gasteiger partial charge in [-0.2, -0.15) is 17.4 Å². The maximum atomic E-state index is 11.9. The van der Waals surface area contributed by atoms with E-state index >= 15 is 0 Å². The second-order valence-electron chi connectivity index (χ2n) is 4.69. The van der Waals surface area contributed by atoms with E-state index in [4.69, 9.17) is 0 Å². The molecule has 1 saturated carbocycles. The maximum absolute atomic E-state index is 11.9. The average molecular weight is 250 g/mol.